The molecule has 0 aromatic heterocycles. The van der Waals surface area contributed by atoms with Crippen LogP contribution in [-0.4, -0.2) is 41.2 Å². The van der Waals surface area contributed by atoms with Crippen LogP contribution in [0.3, 0.4) is 0 Å². The molecule has 1 aromatic carbocycles. The smallest absolute Gasteiger partial charge is 0.170 e. The molecule has 2 aliphatic heterocycles. The number of hydrogen-bond acceptors (Lipinski definition) is 4. The van der Waals surface area contributed by atoms with Gasteiger partial charge in [0.2, 0.25) is 0 Å². The first-order chi connectivity index (χ1) is 9.65. The Morgan fingerprint density at radius 2 is 2.10 bits per heavy atom. The number of likely N-dealkylation sites (tertiary alicyclic amines) is 1. The standard InChI is InChI=1S/C14H18FN3O2/c15-13-5-9(14(16)17-19)1-2-10(13)6-18-7-11-3-4-12(8-18)20-11/h1-2,5,11-12,19H,3-4,6-8H2,(H2,16,17). The van der Waals surface area contributed by atoms with Crippen molar-refractivity contribution in [1.29, 1.82) is 0 Å². The Hall–Kier alpha value is -1.66. The van der Waals surface area contributed by atoms with Crippen LogP contribution in [0.4, 0.5) is 4.39 Å². The fourth-order valence-corrected chi connectivity index (χ4v) is 2.96. The van der Waals surface area contributed by atoms with Gasteiger partial charge in [-0.25, -0.2) is 4.39 Å². The van der Waals surface area contributed by atoms with Gasteiger partial charge in [0.25, 0.3) is 0 Å². The van der Waals surface area contributed by atoms with Gasteiger partial charge in [0, 0.05) is 30.8 Å². The number of morpholine rings is 1. The highest BCUT2D eigenvalue weighted by atomic mass is 19.1. The summed E-state index contributed by atoms with van der Waals surface area (Å²) in [6.07, 6.45) is 2.81. The average Bonchev–Trinajstić information content (AvgIpc) is 2.79. The van der Waals surface area contributed by atoms with Crippen molar-refractivity contribution in [3.05, 3.63) is 35.1 Å². The molecule has 108 valence electrons. The number of ether oxygens (including phenoxy) is 1. The van der Waals surface area contributed by atoms with Gasteiger partial charge >= 0.3 is 0 Å². The van der Waals surface area contributed by atoms with Crippen molar-refractivity contribution >= 4 is 5.84 Å². The molecule has 6 heteroatoms. The Morgan fingerprint density at radius 3 is 2.70 bits per heavy atom. The Morgan fingerprint density at radius 1 is 1.40 bits per heavy atom. The second kappa shape index (κ2) is 5.38. The van der Waals surface area contributed by atoms with E-state index in [0.29, 0.717) is 29.9 Å². The molecule has 2 saturated heterocycles. The van der Waals surface area contributed by atoms with Crippen molar-refractivity contribution in [1.82, 2.24) is 4.90 Å². The van der Waals surface area contributed by atoms with Gasteiger partial charge in [0.15, 0.2) is 5.84 Å². The third-order valence-electron chi connectivity index (χ3n) is 3.97. The van der Waals surface area contributed by atoms with Crippen LogP contribution in [0.2, 0.25) is 0 Å². The summed E-state index contributed by atoms with van der Waals surface area (Å²) in [4.78, 5) is 2.23. The Balaban J connectivity index is 1.71. The van der Waals surface area contributed by atoms with Crippen LogP contribution in [0.1, 0.15) is 24.0 Å². The number of amidine groups is 1. The van der Waals surface area contributed by atoms with Gasteiger partial charge in [-0.15, -0.1) is 0 Å². The largest absolute Gasteiger partial charge is 0.409 e. The fourth-order valence-electron chi connectivity index (χ4n) is 2.96. The van der Waals surface area contributed by atoms with Crippen LogP contribution >= 0.6 is 0 Å². The maximum absolute atomic E-state index is 14.1. The normalized spacial score (nSPS) is 26.9. The number of benzene rings is 1. The summed E-state index contributed by atoms with van der Waals surface area (Å²) >= 11 is 0. The first kappa shape index (κ1) is 13.3. The van der Waals surface area contributed by atoms with Crippen LogP contribution in [0.25, 0.3) is 0 Å². The van der Waals surface area contributed by atoms with E-state index < -0.39 is 0 Å². The number of hydrogen-bond donors (Lipinski definition) is 2. The highest BCUT2D eigenvalue weighted by Gasteiger charge is 2.33. The molecule has 0 aliphatic carbocycles. The summed E-state index contributed by atoms with van der Waals surface area (Å²) in [6.45, 7) is 2.29. The lowest BCUT2D eigenvalue weighted by Crippen LogP contribution is -2.42. The van der Waals surface area contributed by atoms with Crippen LogP contribution in [-0.2, 0) is 11.3 Å². The van der Waals surface area contributed by atoms with E-state index in [0.717, 1.165) is 25.9 Å². The number of oxime groups is 1. The summed E-state index contributed by atoms with van der Waals surface area (Å²) in [6, 6.07) is 4.67. The molecule has 0 saturated carbocycles. The molecule has 2 unspecified atom stereocenters. The molecule has 5 nitrogen and oxygen atoms in total. The Bertz CT molecular complexity index is 523. The molecule has 1 aromatic rings. The molecule has 0 spiro atoms. The summed E-state index contributed by atoms with van der Waals surface area (Å²) in [5, 5.41) is 11.5. The van der Waals surface area contributed by atoms with Gasteiger partial charge in [-0.2, -0.15) is 0 Å². The van der Waals surface area contributed by atoms with Gasteiger partial charge in [-0.3, -0.25) is 4.90 Å². The first-order valence-electron chi connectivity index (χ1n) is 6.80. The molecule has 0 amide bonds. The fraction of sp³-hybridized carbons (Fsp3) is 0.500. The lowest BCUT2D eigenvalue weighted by molar-refractivity contribution is -0.0413. The summed E-state index contributed by atoms with van der Waals surface area (Å²) in [5.74, 6) is -0.409. The van der Waals surface area contributed by atoms with Crippen LogP contribution in [0.5, 0.6) is 0 Å². The van der Waals surface area contributed by atoms with E-state index in [9.17, 15) is 4.39 Å². The number of halogens is 1. The lowest BCUT2D eigenvalue weighted by Gasteiger charge is -2.32. The molecule has 20 heavy (non-hydrogen) atoms. The van der Waals surface area contributed by atoms with Crippen LogP contribution < -0.4 is 5.73 Å². The highest BCUT2D eigenvalue weighted by molar-refractivity contribution is 5.97. The summed E-state index contributed by atoms with van der Waals surface area (Å²) < 4.78 is 19.8. The average molecular weight is 279 g/mol. The number of fused-ring (bicyclic) bond motifs is 2. The molecular formula is C14H18FN3O2. The van der Waals surface area contributed by atoms with Gasteiger partial charge in [0.05, 0.1) is 12.2 Å². The lowest BCUT2D eigenvalue weighted by atomic mass is 10.1. The van der Waals surface area contributed by atoms with Crippen LogP contribution in [0, 0.1) is 5.82 Å². The topological polar surface area (TPSA) is 71.1 Å². The van der Waals surface area contributed by atoms with Crippen molar-refractivity contribution in [2.24, 2.45) is 10.9 Å². The van der Waals surface area contributed by atoms with E-state index in [4.69, 9.17) is 15.7 Å². The summed E-state index contributed by atoms with van der Waals surface area (Å²) in [7, 11) is 0. The maximum Gasteiger partial charge on any atom is 0.170 e. The SMILES string of the molecule is NC(=NO)c1ccc(CN2CC3CCC(C2)O3)c(F)c1. The van der Waals surface area contributed by atoms with Crippen molar-refractivity contribution < 1.29 is 14.3 Å². The van der Waals surface area contributed by atoms with E-state index in [1.807, 2.05) is 0 Å². The molecule has 0 radical (unpaired) electrons. The van der Waals surface area contributed by atoms with Crippen molar-refractivity contribution in [2.75, 3.05) is 13.1 Å². The second-order valence-electron chi connectivity index (χ2n) is 5.44. The van der Waals surface area contributed by atoms with E-state index in [1.54, 1.807) is 12.1 Å². The molecule has 2 aliphatic rings. The summed E-state index contributed by atoms with van der Waals surface area (Å²) in [5.41, 5.74) is 6.46. The van der Waals surface area contributed by atoms with E-state index in [-0.39, 0.29) is 11.7 Å². The van der Waals surface area contributed by atoms with Gasteiger partial charge in [0.1, 0.15) is 5.82 Å². The third kappa shape index (κ3) is 2.62. The second-order valence-corrected chi connectivity index (χ2v) is 5.44. The predicted octanol–water partition coefficient (Wildman–Crippen LogP) is 1.28. The zero-order valence-corrected chi connectivity index (χ0v) is 11.1. The first-order valence-corrected chi connectivity index (χ1v) is 6.80. The molecule has 2 heterocycles. The highest BCUT2D eigenvalue weighted by Crippen LogP contribution is 2.27. The van der Waals surface area contributed by atoms with Crippen molar-refractivity contribution in [3.63, 3.8) is 0 Å². The zero-order chi connectivity index (χ0) is 14.1. The molecule has 2 fully saturated rings. The van der Waals surface area contributed by atoms with Gasteiger partial charge in [-0.1, -0.05) is 17.3 Å². The molecule has 3 N–H and O–H groups in total. The van der Waals surface area contributed by atoms with Crippen LogP contribution in [0.15, 0.2) is 23.4 Å². The zero-order valence-electron chi connectivity index (χ0n) is 11.1. The quantitative estimate of drug-likeness (QED) is 0.378. The Kier molecular flexibility index (Phi) is 3.58. The minimum Gasteiger partial charge on any atom is -0.409 e. The Labute approximate surface area is 116 Å². The number of nitrogens with zero attached hydrogens (tertiary/aromatic N) is 2. The predicted molar refractivity (Wildman–Crippen MR) is 72.1 cm³/mol. The van der Waals surface area contributed by atoms with Crippen molar-refractivity contribution in [2.45, 2.75) is 31.6 Å². The molecular weight excluding hydrogens is 261 g/mol. The minimum atomic E-state index is -0.326. The van der Waals surface area contributed by atoms with Crippen molar-refractivity contribution in [3.8, 4) is 0 Å². The van der Waals surface area contributed by atoms with E-state index >= 15 is 0 Å². The molecule has 2 atom stereocenters. The number of nitrogens with two attached hydrogens (primary N) is 1. The molecule has 2 bridgehead atoms. The van der Waals surface area contributed by atoms with Gasteiger partial charge in [-0.05, 0) is 18.9 Å². The van der Waals surface area contributed by atoms with E-state index in [2.05, 4.69) is 10.1 Å². The van der Waals surface area contributed by atoms with E-state index in [1.165, 1.54) is 6.07 Å². The third-order valence-corrected chi connectivity index (χ3v) is 3.97. The number of rotatable bonds is 3. The molecule has 3 rings (SSSR count). The monoisotopic (exact) mass is 279 g/mol. The minimum absolute atomic E-state index is 0.0835. The van der Waals surface area contributed by atoms with Gasteiger partial charge < -0.3 is 15.7 Å². The maximum atomic E-state index is 14.1.